The molecule has 0 rings (SSSR count). The van der Waals surface area contributed by atoms with Gasteiger partial charge in [-0.2, -0.15) is 0 Å². The van der Waals surface area contributed by atoms with Crippen LogP contribution in [0, 0.1) is 11.8 Å². The predicted molar refractivity (Wildman–Crippen MR) is 68.6 cm³/mol. The van der Waals surface area contributed by atoms with Crippen LogP contribution in [0.2, 0.25) is 0 Å². The molecule has 0 radical (unpaired) electrons. The minimum absolute atomic E-state index is 0.0593. The number of hydrogen-bond acceptors (Lipinski definition) is 2. The van der Waals surface area contributed by atoms with Gasteiger partial charge in [-0.3, -0.25) is 0 Å². The average Bonchev–Trinajstić information content (AvgIpc) is 2.08. The molecule has 1 unspecified atom stereocenters. The summed E-state index contributed by atoms with van der Waals surface area (Å²) >= 11 is 3.51. The maximum atomic E-state index is 5.59. The summed E-state index contributed by atoms with van der Waals surface area (Å²) in [5.41, 5.74) is -0.0593. The Morgan fingerprint density at radius 3 is 2.13 bits per heavy atom. The molecule has 0 saturated heterocycles. The van der Waals surface area contributed by atoms with Crippen LogP contribution in [0.1, 0.15) is 34.6 Å². The van der Waals surface area contributed by atoms with Crippen LogP contribution < -0.4 is 0 Å². The van der Waals surface area contributed by atoms with Crippen molar-refractivity contribution in [3.05, 3.63) is 0 Å². The molecule has 0 aliphatic heterocycles. The molecule has 2 nitrogen and oxygen atoms in total. The Bertz CT molecular complexity index is 152. The van der Waals surface area contributed by atoms with Gasteiger partial charge in [0.2, 0.25) is 0 Å². The molecular formula is C12H25BrO2. The summed E-state index contributed by atoms with van der Waals surface area (Å²) in [7, 11) is 0. The van der Waals surface area contributed by atoms with Gasteiger partial charge in [-0.25, -0.2) is 0 Å². The van der Waals surface area contributed by atoms with E-state index in [1.54, 1.807) is 0 Å². The van der Waals surface area contributed by atoms with Crippen molar-refractivity contribution >= 4 is 15.9 Å². The fourth-order valence-corrected chi connectivity index (χ4v) is 1.99. The molecule has 0 saturated carbocycles. The highest BCUT2D eigenvalue weighted by Crippen LogP contribution is 2.14. The van der Waals surface area contributed by atoms with Crippen molar-refractivity contribution in [1.29, 1.82) is 0 Å². The van der Waals surface area contributed by atoms with Gasteiger partial charge in [-0.15, -0.1) is 0 Å². The molecule has 15 heavy (non-hydrogen) atoms. The Morgan fingerprint density at radius 1 is 1.13 bits per heavy atom. The van der Waals surface area contributed by atoms with Crippen LogP contribution in [0.4, 0.5) is 0 Å². The standard InChI is InChI=1S/C12H25BrO2/c1-10(2)11(8-13)9-14-6-7-15-12(3,4)5/h10-11H,6-9H2,1-5H3. The first-order valence-electron chi connectivity index (χ1n) is 5.64. The molecule has 1 atom stereocenters. The lowest BCUT2D eigenvalue weighted by Gasteiger charge is -2.21. The van der Waals surface area contributed by atoms with Crippen molar-refractivity contribution in [1.82, 2.24) is 0 Å². The van der Waals surface area contributed by atoms with E-state index in [-0.39, 0.29) is 5.60 Å². The van der Waals surface area contributed by atoms with Crippen molar-refractivity contribution in [2.45, 2.75) is 40.2 Å². The highest BCUT2D eigenvalue weighted by atomic mass is 79.9. The Kier molecular flexibility index (Phi) is 7.84. The number of halogens is 1. The summed E-state index contributed by atoms with van der Waals surface area (Å²) in [6, 6.07) is 0. The second kappa shape index (κ2) is 7.64. The van der Waals surface area contributed by atoms with Gasteiger partial charge in [-0.05, 0) is 32.6 Å². The lowest BCUT2D eigenvalue weighted by Crippen LogP contribution is -2.23. The predicted octanol–water partition coefficient (Wildman–Crippen LogP) is 3.49. The first-order valence-corrected chi connectivity index (χ1v) is 6.76. The summed E-state index contributed by atoms with van der Waals surface area (Å²) in [4.78, 5) is 0. The van der Waals surface area contributed by atoms with Crippen LogP contribution in [0.5, 0.6) is 0 Å². The summed E-state index contributed by atoms with van der Waals surface area (Å²) in [6.45, 7) is 12.8. The van der Waals surface area contributed by atoms with Gasteiger partial charge >= 0.3 is 0 Å². The van der Waals surface area contributed by atoms with Crippen molar-refractivity contribution in [2.24, 2.45) is 11.8 Å². The largest absolute Gasteiger partial charge is 0.379 e. The van der Waals surface area contributed by atoms with Crippen LogP contribution in [-0.2, 0) is 9.47 Å². The van der Waals surface area contributed by atoms with E-state index < -0.39 is 0 Å². The highest BCUT2D eigenvalue weighted by molar-refractivity contribution is 9.09. The molecule has 0 bridgehead atoms. The Labute approximate surface area is 103 Å². The third kappa shape index (κ3) is 9.34. The molecular weight excluding hydrogens is 256 g/mol. The van der Waals surface area contributed by atoms with Crippen molar-refractivity contribution in [3.8, 4) is 0 Å². The maximum Gasteiger partial charge on any atom is 0.0707 e. The van der Waals surface area contributed by atoms with Crippen molar-refractivity contribution < 1.29 is 9.47 Å². The smallest absolute Gasteiger partial charge is 0.0707 e. The van der Waals surface area contributed by atoms with Crippen LogP contribution in [0.25, 0.3) is 0 Å². The van der Waals surface area contributed by atoms with Gasteiger partial charge in [0, 0.05) is 5.33 Å². The van der Waals surface area contributed by atoms with Crippen LogP contribution in [0.3, 0.4) is 0 Å². The second-order valence-corrected chi connectivity index (χ2v) is 5.84. The normalized spacial score (nSPS) is 14.6. The van der Waals surface area contributed by atoms with Gasteiger partial charge < -0.3 is 9.47 Å². The Hall–Kier alpha value is 0.400. The van der Waals surface area contributed by atoms with Gasteiger partial charge in [0.05, 0.1) is 25.4 Å². The Morgan fingerprint density at radius 2 is 1.73 bits per heavy atom. The van der Waals surface area contributed by atoms with Gasteiger partial charge in [0.15, 0.2) is 0 Å². The van der Waals surface area contributed by atoms with Crippen LogP contribution in [0.15, 0.2) is 0 Å². The molecule has 92 valence electrons. The topological polar surface area (TPSA) is 18.5 Å². The van der Waals surface area contributed by atoms with Crippen molar-refractivity contribution in [3.63, 3.8) is 0 Å². The molecule has 0 fully saturated rings. The highest BCUT2D eigenvalue weighted by Gasteiger charge is 2.12. The first-order chi connectivity index (χ1) is 6.87. The summed E-state index contributed by atoms with van der Waals surface area (Å²) < 4.78 is 11.2. The minimum atomic E-state index is -0.0593. The number of ether oxygens (including phenoxy) is 2. The van der Waals surface area contributed by atoms with Gasteiger partial charge in [0.1, 0.15) is 0 Å². The quantitative estimate of drug-likeness (QED) is 0.525. The number of rotatable bonds is 7. The van der Waals surface area contributed by atoms with E-state index in [0.29, 0.717) is 25.0 Å². The average molecular weight is 281 g/mol. The zero-order valence-corrected chi connectivity index (χ0v) is 12.3. The molecule has 0 aliphatic rings. The van der Waals surface area contributed by atoms with Crippen LogP contribution in [-0.4, -0.2) is 30.8 Å². The Balaban J connectivity index is 3.45. The van der Waals surface area contributed by atoms with E-state index >= 15 is 0 Å². The zero-order valence-electron chi connectivity index (χ0n) is 10.7. The third-order valence-corrected chi connectivity index (χ3v) is 3.07. The molecule has 3 heteroatoms. The van der Waals surface area contributed by atoms with E-state index in [1.165, 1.54) is 0 Å². The molecule has 0 spiro atoms. The summed E-state index contributed by atoms with van der Waals surface area (Å²) in [5, 5.41) is 1.00. The SMILES string of the molecule is CC(C)C(CBr)COCCOC(C)(C)C. The molecule has 0 aromatic rings. The van der Waals surface area contributed by atoms with Crippen LogP contribution >= 0.6 is 15.9 Å². The number of alkyl halides is 1. The molecule has 0 heterocycles. The van der Waals surface area contributed by atoms with E-state index in [2.05, 4.69) is 50.5 Å². The maximum absolute atomic E-state index is 5.59. The van der Waals surface area contributed by atoms with E-state index in [4.69, 9.17) is 9.47 Å². The van der Waals surface area contributed by atoms with Gasteiger partial charge in [0.25, 0.3) is 0 Å². The van der Waals surface area contributed by atoms with E-state index in [1.807, 2.05) is 0 Å². The summed E-state index contributed by atoms with van der Waals surface area (Å²) in [6.07, 6.45) is 0. The molecule has 0 aliphatic carbocycles. The van der Waals surface area contributed by atoms with Crippen molar-refractivity contribution in [2.75, 3.05) is 25.2 Å². The zero-order chi connectivity index (χ0) is 11.9. The molecule has 0 amide bonds. The van der Waals surface area contributed by atoms with E-state index in [0.717, 1.165) is 11.9 Å². The fourth-order valence-electron chi connectivity index (χ4n) is 1.06. The fraction of sp³-hybridized carbons (Fsp3) is 1.00. The molecule has 0 N–H and O–H groups in total. The molecule has 0 aromatic carbocycles. The number of hydrogen-bond donors (Lipinski definition) is 0. The lowest BCUT2D eigenvalue weighted by atomic mass is 9.99. The van der Waals surface area contributed by atoms with Gasteiger partial charge in [-0.1, -0.05) is 29.8 Å². The summed E-state index contributed by atoms with van der Waals surface area (Å²) in [5.74, 6) is 1.26. The monoisotopic (exact) mass is 280 g/mol. The second-order valence-electron chi connectivity index (χ2n) is 5.19. The minimum Gasteiger partial charge on any atom is -0.379 e. The molecule has 0 aromatic heterocycles. The first kappa shape index (κ1) is 15.4. The van der Waals surface area contributed by atoms with E-state index in [9.17, 15) is 0 Å². The third-order valence-electron chi connectivity index (χ3n) is 2.24. The lowest BCUT2D eigenvalue weighted by molar-refractivity contribution is -0.0400.